The molecule has 6 nitrogen and oxygen atoms in total. The molecule has 0 unspecified atom stereocenters. The molecule has 0 bridgehead atoms. The van der Waals surface area contributed by atoms with E-state index in [2.05, 4.69) is 10.2 Å². The molecule has 136 valence electrons. The van der Waals surface area contributed by atoms with E-state index in [1.807, 2.05) is 31.2 Å². The molecule has 2 N–H and O–H groups in total. The third kappa shape index (κ3) is 1.91. The quantitative estimate of drug-likeness (QED) is 0.806. The molecule has 6 heteroatoms. The number of piperidine rings is 1. The minimum atomic E-state index is -0.913. The molecule has 1 aromatic carbocycles. The SMILES string of the molecule is C[C@@H]1OC=C(C(=O)O)[C@H]2C[C@@H]3N(CC[C@@]34C(=O)Nc3ccccc34)C[C@H]12. The highest BCUT2D eigenvalue weighted by Crippen LogP contribution is 2.53. The highest BCUT2D eigenvalue weighted by molar-refractivity contribution is 6.07. The van der Waals surface area contributed by atoms with Gasteiger partial charge >= 0.3 is 5.97 Å². The van der Waals surface area contributed by atoms with E-state index in [0.717, 1.165) is 30.8 Å². The van der Waals surface area contributed by atoms with Crippen molar-refractivity contribution in [1.29, 1.82) is 0 Å². The number of fused-ring (bicyclic) bond motifs is 5. The Labute approximate surface area is 151 Å². The molecular weight excluding hydrogens is 332 g/mol. The summed E-state index contributed by atoms with van der Waals surface area (Å²) in [5.41, 5.74) is 1.75. The maximum absolute atomic E-state index is 13.1. The van der Waals surface area contributed by atoms with Crippen molar-refractivity contribution >= 4 is 17.6 Å². The Morgan fingerprint density at radius 1 is 1.38 bits per heavy atom. The molecule has 2 saturated heterocycles. The predicted octanol–water partition coefficient (Wildman–Crippen LogP) is 1.97. The summed E-state index contributed by atoms with van der Waals surface area (Å²) in [6, 6.07) is 7.95. The first kappa shape index (κ1) is 15.9. The van der Waals surface area contributed by atoms with Crippen molar-refractivity contribution in [3.8, 4) is 0 Å². The molecule has 4 aliphatic heterocycles. The number of aliphatic carboxylic acids is 1. The maximum atomic E-state index is 13.1. The first-order chi connectivity index (χ1) is 12.5. The molecule has 0 saturated carbocycles. The van der Waals surface area contributed by atoms with E-state index in [0.29, 0.717) is 12.0 Å². The molecule has 26 heavy (non-hydrogen) atoms. The molecule has 0 aliphatic carbocycles. The summed E-state index contributed by atoms with van der Waals surface area (Å²) in [6.07, 6.45) is 2.87. The molecule has 1 spiro atoms. The lowest BCUT2D eigenvalue weighted by molar-refractivity contribution is -0.135. The van der Waals surface area contributed by atoms with E-state index >= 15 is 0 Å². The van der Waals surface area contributed by atoms with Crippen molar-refractivity contribution in [2.75, 3.05) is 18.4 Å². The fraction of sp³-hybridized carbons (Fsp3) is 0.500. The summed E-state index contributed by atoms with van der Waals surface area (Å²) in [5, 5.41) is 12.7. The molecule has 4 aliphatic rings. The number of carbonyl (C=O) groups excluding carboxylic acids is 1. The van der Waals surface area contributed by atoms with Crippen LogP contribution in [0.5, 0.6) is 0 Å². The van der Waals surface area contributed by atoms with Gasteiger partial charge in [0.2, 0.25) is 5.91 Å². The zero-order valence-electron chi connectivity index (χ0n) is 14.6. The number of rotatable bonds is 1. The number of hydrogen-bond acceptors (Lipinski definition) is 4. The maximum Gasteiger partial charge on any atom is 0.334 e. The van der Waals surface area contributed by atoms with Gasteiger partial charge < -0.3 is 15.2 Å². The largest absolute Gasteiger partial charge is 0.497 e. The fourth-order valence-electron chi connectivity index (χ4n) is 5.66. The van der Waals surface area contributed by atoms with E-state index in [9.17, 15) is 14.7 Å². The first-order valence-electron chi connectivity index (χ1n) is 9.26. The molecule has 5 rings (SSSR count). The zero-order chi connectivity index (χ0) is 18.1. The highest BCUT2D eigenvalue weighted by Gasteiger charge is 2.61. The van der Waals surface area contributed by atoms with Gasteiger partial charge in [-0.05, 0) is 37.9 Å². The van der Waals surface area contributed by atoms with E-state index in [4.69, 9.17) is 4.74 Å². The average Bonchev–Trinajstić information content (AvgIpc) is 3.14. The van der Waals surface area contributed by atoms with E-state index < -0.39 is 11.4 Å². The van der Waals surface area contributed by atoms with Gasteiger partial charge in [-0.1, -0.05) is 18.2 Å². The Hall–Kier alpha value is -2.34. The van der Waals surface area contributed by atoms with Crippen molar-refractivity contribution < 1.29 is 19.4 Å². The number of carboxylic acids is 1. The molecule has 0 aromatic heterocycles. The second-order valence-corrected chi connectivity index (χ2v) is 7.96. The number of anilines is 1. The Morgan fingerprint density at radius 3 is 3.00 bits per heavy atom. The van der Waals surface area contributed by atoms with Crippen molar-refractivity contribution in [1.82, 2.24) is 4.90 Å². The molecule has 1 aromatic rings. The van der Waals surface area contributed by atoms with Gasteiger partial charge in [-0.15, -0.1) is 0 Å². The number of nitrogens with zero attached hydrogens (tertiary/aromatic N) is 1. The Balaban J connectivity index is 1.57. The third-order valence-corrected chi connectivity index (χ3v) is 6.96. The lowest BCUT2D eigenvalue weighted by Gasteiger charge is -2.47. The summed E-state index contributed by atoms with van der Waals surface area (Å²) >= 11 is 0. The van der Waals surface area contributed by atoms with Crippen LogP contribution in [0.4, 0.5) is 5.69 Å². The highest BCUT2D eigenvalue weighted by atomic mass is 16.5. The van der Waals surface area contributed by atoms with Gasteiger partial charge in [0.15, 0.2) is 0 Å². The molecule has 1 amide bonds. The molecule has 5 atom stereocenters. The first-order valence-corrected chi connectivity index (χ1v) is 9.26. The van der Waals surface area contributed by atoms with Crippen LogP contribution in [0.25, 0.3) is 0 Å². The number of benzene rings is 1. The van der Waals surface area contributed by atoms with Crippen LogP contribution in [0.3, 0.4) is 0 Å². The minimum Gasteiger partial charge on any atom is -0.497 e. The number of carboxylic acid groups (broad SMARTS) is 1. The van der Waals surface area contributed by atoms with Crippen LogP contribution in [-0.2, 0) is 19.7 Å². The summed E-state index contributed by atoms with van der Waals surface area (Å²) < 4.78 is 5.62. The summed E-state index contributed by atoms with van der Waals surface area (Å²) in [7, 11) is 0. The second-order valence-electron chi connectivity index (χ2n) is 7.96. The number of nitrogens with one attached hydrogen (secondary N) is 1. The summed E-state index contributed by atoms with van der Waals surface area (Å²) in [5.74, 6) is -0.778. The van der Waals surface area contributed by atoms with Crippen molar-refractivity contribution in [3.63, 3.8) is 0 Å². The number of ether oxygens (including phenoxy) is 1. The van der Waals surface area contributed by atoms with E-state index in [-0.39, 0.29) is 29.9 Å². The average molecular weight is 354 g/mol. The molecule has 2 fully saturated rings. The molecule has 0 radical (unpaired) electrons. The van der Waals surface area contributed by atoms with Gasteiger partial charge in [0, 0.05) is 30.1 Å². The molecular formula is C20H22N2O4. The summed E-state index contributed by atoms with van der Waals surface area (Å²) in [4.78, 5) is 27.2. The van der Waals surface area contributed by atoms with E-state index in [1.165, 1.54) is 6.26 Å². The number of carbonyl (C=O) groups is 2. The van der Waals surface area contributed by atoms with Gasteiger partial charge in [-0.25, -0.2) is 4.79 Å². The van der Waals surface area contributed by atoms with Crippen LogP contribution in [0.15, 0.2) is 36.1 Å². The van der Waals surface area contributed by atoms with Crippen LogP contribution in [0, 0.1) is 11.8 Å². The standard InChI is InChI=1S/C20H22N2O4/c1-11-13-9-22-7-6-20(15-4-2-3-5-16(15)21-19(20)25)17(22)8-12(13)14(10-26-11)18(23)24/h2-5,10-13,17H,6-9H2,1H3,(H,21,25)(H,23,24)/t11-,12-,13+,17-,20-/m0/s1. The number of amides is 1. The second kappa shape index (κ2) is 5.33. The topological polar surface area (TPSA) is 78.9 Å². The Bertz CT molecular complexity index is 835. The lowest BCUT2D eigenvalue weighted by Crippen LogP contribution is -2.56. The van der Waals surface area contributed by atoms with Crippen LogP contribution in [0.2, 0.25) is 0 Å². The van der Waals surface area contributed by atoms with Crippen molar-refractivity contribution in [2.24, 2.45) is 11.8 Å². The van der Waals surface area contributed by atoms with Gasteiger partial charge in [0.05, 0.1) is 23.4 Å². The molecule has 4 heterocycles. The monoisotopic (exact) mass is 354 g/mol. The van der Waals surface area contributed by atoms with Crippen LogP contribution >= 0.6 is 0 Å². The van der Waals surface area contributed by atoms with Crippen molar-refractivity contribution in [2.45, 2.75) is 37.3 Å². The Kier molecular flexibility index (Phi) is 3.26. The van der Waals surface area contributed by atoms with Crippen LogP contribution < -0.4 is 5.32 Å². The van der Waals surface area contributed by atoms with Gasteiger partial charge in [0.1, 0.15) is 0 Å². The fourth-order valence-corrected chi connectivity index (χ4v) is 5.66. The van der Waals surface area contributed by atoms with E-state index in [1.54, 1.807) is 0 Å². The minimum absolute atomic E-state index is 0.00899. The zero-order valence-corrected chi connectivity index (χ0v) is 14.6. The normalized spacial score (nSPS) is 38.0. The van der Waals surface area contributed by atoms with Crippen molar-refractivity contribution in [3.05, 3.63) is 41.7 Å². The van der Waals surface area contributed by atoms with Gasteiger partial charge in [-0.2, -0.15) is 0 Å². The predicted molar refractivity (Wildman–Crippen MR) is 94.6 cm³/mol. The van der Waals surface area contributed by atoms with Gasteiger partial charge in [0.25, 0.3) is 0 Å². The number of para-hydroxylation sites is 1. The smallest absolute Gasteiger partial charge is 0.334 e. The van der Waals surface area contributed by atoms with Crippen LogP contribution in [0.1, 0.15) is 25.3 Å². The lowest BCUT2D eigenvalue weighted by atomic mass is 9.66. The third-order valence-electron chi connectivity index (χ3n) is 6.96. The Morgan fingerprint density at radius 2 is 2.19 bits per heavy atom. The van der Waals surface area contributed by atoms with Gasteiger partial charge in [-0.3, -0.25) is 9.69 Å². The number of hydrogen-bond donors (Lipinski definition) is 2. The van der Waals surface area contributed by atoms with Crippen LogP contribution in [-0.4, -0.2) is 47.1 Å². The summed E-state index contributed by atoms with van der Waals surface area (Å²) in [6.45, 7) is 3.64.